The molecule has 0 aliphatic heterocycles. The van der Waals surface area contributed by atoms with Gasteiger partial charge in [-0.05, 0) is 35.9 Å². The average molecular weight is 533 g/mol. The molecular formula is C30H30F2N4O3. The molecule has 0 radical (unpaired) electrons. The number of amides is 2. The number of nitrogens with two attached hydrogens (primary N) is 1. The van der Waals surface area contributed by atoms with Crippen molar-refractivity contribution in [2.45, 2.75) is 38.8 Å². The summed E-state index contributed by atoms with van der Waals surface area (Å²) in [6, 6.07) is 18.2. The van der Waals surface area contributed by atoms with Crippen LogP contribution in [0.25, 0.3) is 16.5 Å². The van der Waals surface area contributed by atoms with Crippen molar-refractivity contribution >= 4 is 22.6 Å². The number of nitrogens with one attached hydrogen (secondary N) is 2. The number of carbonyl (C=O) groups excluding carboxylic acids is 2. The normalized spacial score (nSPS) is 11.9. The zero-order valence-electron chi connectivity index (χ0n) is 21.4. The molecule has 0 spiro atoms. The van der Waals surface area contributed by atoms with Gasteiger partial charge in [0.2, 0.25) is 5.91 Å². The van der Waals surface area contributed by atoms with Crippen molar-refractivity contribution in [3.05, 3.63) is 112 Å². The first-order valence-electron chi connectivity index (χ1n) is 12.8. The number of hydrogen-bond acceptors (Lipinski definition) is 4. The predicted octanol–water partition coefficient (Wildman–Crippen LogP) is 4.33. The zero-order valence-corrected chi connectivity index (χ0v) is 21.4. The van der Waals surface area contributed by atoms with Gasteiger partial charge in [-0.25, -0.2) is 8.78 Å². The van der Waals surface area contributed by atoms with E-state index in [1.54, 1.807) is 36.4 Å². The number of hydrogen-bond donors (Lipinski definition) is 3. The van der Waals surface area contributed by atoms with Gasteiger partial charge < -0.3 is 16.4 Å². The Morgan fingerprint density at radius 3 is 2.26 bits per heavy atom. The number of nitrogens with zero attached hydrogens (tertiary/aromatic N) is 1. The molecule has 0 unspecified atom stereocenters. The lowest BCUT2D eigenvalue weighted by atomic mass is 10.0. The predicted molar refractivity (Wildman–Crippen MR) is 146 cm³/mol. The first-order chi connectivity index (χ1) is 18.9. The van der Waals surface area contributed by atoms with E-state index in [4.69, 9.17) is 5.73 Å². The first kappa shape index (κ1) is 27.7. The molecule has 0 atom stereocenters. The molecule has 1 aliphatic rings. The van der Waals surface area contributed by atoms with Crippen molar-refractivity contribution in [1.82, 2.24) is 15.2 Å². The Bertz CT molecular complexity index is 1530. The van der Waals surface area contributed by atoms with Gasteiger partial charge in [0.25, 0.3) is 11.5 Å². The molecular weight excluding hydrogens is 502 g/mol. The van der Waals surface area contributed by atoms with Crippen molar-refractivity contribution < 1.29 is 18.4 Å². The molecule has 39 heavy (non-hydrogen) atoms. The second-order valence-electron chi connectivity index (χ2n) is 9.15. The number of benzene rings is 3. The van der Waals surface area contributed by atoms with Gasteiger partial charge in [0.1, 0.15) is 11.6 Å². The third-order valence-corrected chi connectivity index (χ3v) is 6.02. The van der Waals surface area contributed by atoms with E-state index in [1.165, 1.54) is 54.2 Å². The fourth-order valence-electron chi connectivity index (χ4n) is 4.04. The summed E-state index contributed by atoms with van der Waals surface area (Å²) in [7, 11) is 0. The molecule has 1 saturated carbocycles. The molecule has 0 saturated heterocycles. The van der Waals surface area contributed by atoms with Crippen molar-refractivity contribution in [3.63, 3.8) is 0 Å². The van der Waals surface area contributed by atoms with Crippen LogP contribution >= 0.6 is 0 Å². The summed E-state index contributed by atoms with van der Waals surface area (Å²) in [4.78, 5) is 39.3. The van der Waals surface area contributed by atoms with E-state index in [9.17, 15) is 23.2 Å². The van der Waals surface area contributed by atoms with E-state index in [0.717, 1.165) is 6.07 Å². The fraction of sp³-hybridized carbons (Fsp3) is 0.233. The lowest BCUT2D eigenvalue weighted by Gasteiger charge is -2.20. The third-order valence-electron chi connectivity index (χ3n) is 6.02. The van der Waals surface area contributed by atoms with Gasteiger partial charge in [-0.1, -0.05) is 61.7 Å². The molecule has 7 nitrogen and oxygen atoms in total. The smallest absolute Gasteiger partial charge is 0.266 e. The first-order valence-corrected chi connectivity index (χ1v) is 12.8. The van der Waals surface area contributed by atoms with Crippen LogP contribution in [-0.4, -0.2) is 22.9 Å². The van der Waals surface area contributed by atoms with Crippen molar-refractivity contribution in [1.29, 1.82) is 0 Å². The van der Waals surface area contributed by atoms with E-state index < -0.39 is 23.1 Å². The number of rotatable bonds is 8. The van der Waals surface area contributed by atoms with Crippen LogP contribution in [0.15, 0.2) is 77.6 Å². The molecule has 1 fully saturated rings. The standard InChI is InChI=1S/C27H24F2N4O3.C3H6/c28-18-7-4-6-17(14-18)15-32-26(35)25-20-10-5-11-21(29)24(20)27(36)33(19-8-2-1-3-9-19)22(25)16-31-23(34)12-13-30;1-2-3-1/h1-11,14H,12-13,15-16,30H2,(H,31,34)(H,32,35);1-3H2. The molecule has 1 heterocycles. The minimum absolute atomic E-state index is 0.00314. The monoisotopic (exact) mass is 532 g/mol. The summed E-state index contributed by atoms with van der Waals surface area (Å²) in [6.07, 6.45) is 4.55. The Morgan fingerprint density at radius 1 is 0.872 bits per heavy atom. The summed E-state index contributed by atoms with van der Waals surface area (Å²) in [5, 5.41) is 5.27. The van der Waals surface area contributed by atoms with Crippen LogP contribution in [0.4, 0.5) is 8.78 Å². The number of halogens is 2. The average Bonchev–Trinajstić information content (AvgIpc) is 3.81. The molecule has 1 aliphatic carbocycles. The van der Waals surface area contributed by atoms with E-state index in [2.05, 4.69) is 10.6 Å². The highest BCUT2D eigenvalue weighted by Gasteiger charge is 2.24. The van der Waals surface area contributed by atoms with E-state index >= 15 is 0 Å². The molecule has 3 aromatic carbocycles. The SMILES string of the molecule is C1CC1.NCCC(=O)NCc1c(C(=O)NCc2cccc(F)c2)c2cccc(F)c2c(=O)n1-c1ccccc1. The minimum Gasteiger partial charge on any atom is -0.350 e. The van der Waals surface area contributed by atoms with Gasteiger partial charge in [0.05, 0.1) is 23.2 Å². The highest BCUT2D eigenvalue weighted by atomic mass is 19.1. The number of fused-ring (bicyclic) bond motifs is 1. The Morgan fingerprint density at radius 2 is 1.59 bits per heavy atom. The lowest BCUT2D eigenvalue weighted by Crippen LogP contribution is -2.34. The molecule has 4 aromatic rings. The Labute approximate surface area is 224 Å². The molecule has 0 bridgehead atoms. The van der Waals surface area contributed by atoms with E-state index in [1.807, 2.05) is 0 Å². The second-order valence-corrected chi connectivity index (χ2v) is 9.15. The van der Waals surface area contributed by atoms with Gasteiger partial charge in [-0.3, -0.25) is 19.0 Å². The molecule has 1 aromatic heterocycles. The van der Waals surface area contributed by atoms with E-state index in [-0.39, 0.29) is 54.0 Å². The van der Waals surface area contributed by atoms with Crippen LogP contribution < -0.4 is 21.9 Å². The van der Waals surface area contributed by atoms with Crippen molar-refractivity contribution in [3.8, 4) is 5.69 Å². The molecule has 2 amide bonds. The number of pyridine rings is 1. The maximum absolute atomic E-state index is 15.0. The summed E-state index contributed by atoms with van der Waals surface area (Å²) in [6.45, 7) is -0.0593. The van der Waals surface area contributed by atoms with Crippen LogP contribution in [0.3, 0.4) is 0 Å². The maximum Gasteiger partial charge on any atom is 0.266 e. The van der Waals surface area contributed by atoms with Crippen LogP contribution in [-0.2, 0) is 17.9 Å². The zero-order chi connectivity index (χ0) is 27.8. The largest absolute Gasteiger partial charge is 0.350 e. The van der Waals surface area contributed by atoms with Gasteiger partial charge in [0.15, 0.2) is 0 Å². The van der Waals surface area contributed by atoms with Gasteiger partial charge >= 0.3 is 0 Å². The Balaban J connectivity index is 0.00000110. The van der Waals surface area contributed by atoms with Gasteiger partial charge in [0, 0.05) is 30.6 Å². The molecule has 202 valence electrons. The molecule has 4 N–H and O–H groups in total. The highest BCUT2D eigenvalue weighted by Crippen LogP contribution is 2.25. The van der Waals surface area contributed by atoms with Crippen molar-refractivity contribution in [2.24, 2.45) is 5.73 Å². The maximum atomic E-state index is 15.0. The Hall–Kier alpha value is -4.37. The number of para-hydroxylation sites is 1. The van der Waals surface area contributed by atoms with Crippen LogP contribution in [0.1, 0.15) is 47.3 Å². The van der Waals surface area contributed by atoms with E-state index in [0.29, 0.717) is 11.3 Å². The quantitative estimate of drug-likeness (QED) is 0.314. The van der Waals surface area contributed by atoms with Crippen LogP contribution in [0, 0.1) is 11.6 Å². The summed E-state index contributed by atoms with van der Waals surface area (Å²) < 4.78 is 29.8. The number of aromatic nitrogens is 1. The lowest BCUT2D eigenvalue weighted by molar-refractivity contribution is -0.121. The number of carbonyl (C=O) groups is 2. The van der Waals surface area contributed by atoms with Crippen LogP contribution in [0.5, 0.6) is 0 Å². The van der Waals surface area contributed by atoms with Gasteiger partial charge in [-0.15, -0.1) is 0 Å². The molecule has 9 heteroatoms. The highest BCUT2D eigenvalue weighted by molar-refractivity contribution is 6.08. The third kappa shape index (κ3) is 6.94. The van der Waals surface area contributed by atoms with Gasteiger partial charge in [-0.2, -0.15) is 0 Å². The summed E-state index contributed by atoms with van der Waals surface area (Å²) >= 11 is 0. The second kappa shape index (κ2) is 12.9. The Kier molecular flexibility index (Phi) is 9.17. The topological polar surface area (TPSA) is 106 Å². The summed E-state index contributed by atoms with van der Waals surface area (Å²) in [5.74, 6) is -2.20. The van der Waals surface area contributed by atoms with Crippen molar-refractivity contribution in [2.75, 3.05) is 6.54 Å². The molecule has 5 rings (SSSR count). The summed E-state index contributed by atoms with van der Waals surface area (Å²) in [5.41, 5.74) is 5.92. The minimum atomic E-state index is -0.778. The fourth-order valence-corrected chi connectivity index (χ4v) is 4.04. The van der Waals surface area contributed by atoms with Crippen LogP contribution in [0.2, 0.25) is 0 Å².